The van der Waals surface area contributed by atoms with Gasteiger partial charge in [0.2, 0.25) is 5.91 Å². The first-order chi connectivity index (χ1) is 17.7. The fourth-order valence-electron chi connectivity index (χ4n) is 6.97. The first-order valence-electron chi connectivity index (χ1n) is 14.8. The second kappa shape index (κ2) is 12.0. The van der Waals surface area contributed by atoms with Crippen LogP contribution in [0.15, 0.2) is 18.2 Å². The zero-order valence-corrected chi connectivity index (χ0v) is 22.6. The average molecular weight is 495 g/mol. The highest BCUT2D eigenvalue weighted by molar-refractivity contribution is 5.90. The van der Waals surface area contributed by atoms with Crippen LogP contribution in [0.5, 0.6) is 0 Å². The molecule has 1 amide bonds. The topological polar surface area (TPSA) is 50.6 Å². The molecule has 0 unspecified atom stereocenters. The van der Waals surface area contributed by atoms with Gasteiger partial charge in [-0.2, -0.15) is 0 Å². The van der Waals surface area contributed by atoms with Crippen LogP contribution in [-0.2, 0) is 16.1 Å². The minimum absolute atomic E-state index is 0.316. The van der Waals surface area contributed by atoms with E-state index < -0.39 is 0 Å². The SMILES string of the molecule is CCC1CCC(c2nc3c(N4CCOCC4)cccc3n2CCC(=O)N(CC)C2CCCCC2)CC1. The van der Waals surface area contributed by atoms with E-state index in [1.807, 2.05) is 0 Å². The van der Waals surface area contributed by atoms with Crippen molar-refractivity contribution < 1.29 is 9.53 Å². The number of hydrogen-bond donors (Lipinski definition) is 0. The maximum Gasteiger partial charge on any atom is 0.224 e. The van der Waals surface area contributed by atoms with Gasteiger partial charge in [-0.05, 0) is 63.5 Å². The quantitative estimate of drug-likeness (QED) is 0.443. The summed E-state index contributed by atoms with van der Waals surface area (Å²) in [6.07, 6.45) is 13.0. The zero-order valence-electron chi connectivity index (χ0n) is 22.6. The molecule has 1 aromatic heterocycles. The number of morpholine rings is 1. The normalized spacial score (nSPS) is 23.8. The first kappa shape index (κ1) is 25.6. The smallest absolute Gasteiger partial charge is 0.224 e. The molecule has 0 N–H and O–H groups in total. The molecule has 0 spiro atoms. The maximum absolute atomic E-state index is 13.5. The van der Waals surface area contributed by atoms with Crippen LogP contribution >= 0.6 is 0 Å². The summed E-state index contributed by atoms with van der Waals surface area (Å²) in [4.78, 5) is 23.4. The van der Waals surface area contributed by atoms with E-state index in [1.54, 1.807) is 0 Å². The summed E-state index contributed by atoms with van der Waals surface area (Å²) in [5.41, 5.74) is 3.53. The number of para-hydroxylation sites is 1. The highest BCUT2D eigenvalue weighted by Crippen LogP contribution is 2.39. The van der Waals surface area contributed by atoms with Gasteiger partial charge in [0.25, 0.3) is 0 Å². The number of anilines is 1. The molecule has 0 radical (unpaired) electrons. The molecule has 3 fully saturated rings. The van der Waals surface area contributed by atoms with Gasteiger partial charge in [-0.3, -0.25) is 4.79 Å². The molecule has 0 atom stereocenters. The predicted molar refractivity (Wildman–Crippen MR) is 147 cm³/mol. The number of amides is 1. The molecule has 2 aliphatic carbocycles. The highest BCUT2D eigenvalue weighted by atomic mass is 16.5. The second-order valence-electron chi connectivity index (χ2n) is 11.2. The minimum atomic E-state index is 0.316. The summed E-state index contributed by atoms with van der Waals surface area (Å²) in [6.45, 7) is 9.39. The number of aromatic nitrogens is 2. The minimum Gasteiger partial charge on any atom is -0.378 e. The van der Waals surface area contributed by atoms with Crippen LogP contribution in [0.25, 0.3) is 11.0 Å². The van der Waals surface area contributed by atoms with Crippen molar-refractivity contribution in [2.24, 2.45) is 5.92 Å². The van der Waals surface area contributed by atoms with Crippen molar-refractivity contribution in [1.82, 2.24) is 14.5 Å². The van der Waals surface area contributed by atoms with Crippen molar-refractivity contribution in [1.29, 1.82) is 0 Å². The lowest BCUT2D eigenvalue weighted by molar-refractivity contribution is -0.134. The summed E-state index contributed by atoms with van der Waals surface area (Å²) in [5, 5.41) is 0. The molecule has 1 aromatic carbocycles. The van der Waals surface area contributed by atoms with Crippen LogP contribution < -0.4 is 4.90 Å². The third-order valence-electron chi connectivity index (χ3n) is 9.15. The Kier molecular flexibility index (Phi) is 8.51. The number of benzene rings is 1. The molecule has 36 heavy (non-hydrogen) atoms. The number of ether oxygens (including phenoxy) is 1. The summed E-state index contributed by atoms with van der Waals surface area (Å²) in [5.74, 6) is 2.89. The van der Waals surface area contributed by atoms with Crippen molar-refractivity contribution in [3.63, 3.8) is 0 Å². The van der Waals surface area contributed by atoms with Crippen molar-refractivity contribution in [2.75, 3.05) is 37.7 Å². The number of rotatable bonds is 8. The second-order valence-corrected chi connectivity index (χ2v) is 11.2. The van der Waals surface area contributed by atoms with Crippen molar-refractivity contribution >= 4 is 22.6 Å². The Labute approximate surface area is 217 Å². The van der Waals surface area contributed by atoms with Gasteiger partial charge in [-0.1, -0.05) is 38.7 Å². The molecule has 2 heterocycles. The van der Waals surface area contributed by atoms with Crippen molar-refractivity contribution in [3.8, 4) is 0 Å². The summed E-state index contributed by atoms with van der Waals surface area (Å²) in [7, 11) is 0. The molecule has 1 aliphatic heterocycles. The lowest BCUT2D eigenvalue weighted by Crippen LogP contribution is -2.41. The molecular weight excluding hydrogens is 448 g/mol. The molecule has 198 valence electrons. The Balaban J connectivity index is 1.42. The van der Waals surface area contributed by atoms with Gasteiger partial charge >= 0.3 is 0 Å². The van der Waals surface area contributed by atoms with Crippen LogP contribution in [0.1, 0.15) is 96.2 Å². The molecule has 5 rings (SSSR count). The summed E-state index contributed by atoms with van der Waals surface area (Å²) in [6, 6.07) is 7.05. The van der Waals surface area contributed by atoms with E-state index >= 15 is 0 Å². The van der Waals surface area contributed by atoms with Crippen LogP contribution in [0, 0.1) is 5.92 Å². The Morgan fingerprint density at radius 1 is 1.03 bits per heavy atom. The van der Waals surface area contributed by atoms with Gasteiger partial charge in [0, 0.05) is 44.6 Å². The number of nitrogens with zero attached hydrogens (tertiary/aromatic N) is 4. The van der Waals surface area contributed by atoms with Gasteiger partial charge < -0.3 is 19.1 Å². The van der Waals surface area contributed by atoms with Crippen molar-refractivity contribution in [3.05, 3.63) is 24.0 Å². The molecule has 3 aliphatic rings. The van der Waals surface area contributed by atoms with E-state index in [0.717, 1.165) is 50.8 Å². The predicted octanol–water partition coefficient (Wildman–Crippen LogP) is 6.13. The largest absolute Gasteiger partial charge is 0.378 e. The van der Waals surface area contributed by atoms with E-state index in [9.17, 15) is 4.79 Å². The van der Waals surface area contributed by atoms with Gasteiger partial charge in [0.15, 0.2) is 0 Å². The van der Waals surface area contributed by atoms with E-state index in [1.165, 1.54) is 81.2 Å². The van der Waals surface area contributed by atoms with E-state index in [0.29, 0.717) is 24.3 Å². The number of fused-ring (bicyclic) bond motifs is 1. The first-order valence-corrected chi connectivity index (χ1v) is 14.8. The molecule has 6 heteroatoms. The van der Waals surface area contributed by atoms with Gasteiger partial charge in [0.05, 0.1) is 24.4 Å². The van der Waals surface area contributed by atoms with Crippen LogP contribution in [0.4, 0.5) is 5.69 Å². The third kappa shape index (κ3) is 5.44. The third-order valence-corrected chi connectivity index (χ3v) is 9.15. The van der Waals surface area contributed by atoms with E-state index in [4.69, 9.17) is 9.72 Å². The molecule has 1 saturated heterocycles. The van der Waals surface area contributed by atoms with E-state index in [2.05, 4.69) is 46.4 Å². The Morgan fingerprint density at radius 3 is 2.47 bits per heavy atom. The number of imidazole rings is 1. The molecule has 2 aromatic rings. The van der Waals surface area contributed by atoms with E-state index in [-0.39, 0.29) is 0 Å². The lowest BCUT2D eigenvalue weighted by Gasteiger charge is -2.34. The highest BCUT2D eigenvalue weighted by Gasteiger charge is 2.29. The van der Waals surface area contributed by atoms with Gasteiger partial charge in [0.1, 0.15) is 11.3 Å². The van der Waals surface area contributed by atoms with Gasteiger partial charge in [-0.15, -0.1) is 0 Å². The lowest BCUT2D eigenvalue weighted by atomic mass is 9.80. The Hall–Kier alpha value is -2.08. The maximum atomic E-state index is 13.5. The zero-order chi connectivity index (χ0) is 24.9. The average Bonchev–Trinajstić information content (AvgIpc) is 3.32. The number of carbonyl (C=O) groups is 1. The Bertz CT molecular complexity index is 998. The number of carbonyl (C=O) groups excluding carboxylic acids is 1. The monoisotopic (exact) mass is 494 g/mol. The number of hydrogen-bond acceptors (Lipinski definition) is 4. The Morgan fingerprint density at radius 2 is 1.78 bits per heavy atom. The van der Waals surface area contributed by atoms with Crippen LogP contribution in [0.2, 0.25) is 0 Å². The standard InChI is InChI=1S/C30H46N4O2/c1-3-23-13-15-24(16-14-23)30-31-29-26(32-19-21-36-22-20-32)11-8-12-27(29)34(30)18-17-28(35)33(4-2)25-9-6-5-7-10-25/h8,11-12,23-25H,3-7,9-10,13-22H2,1-2H3. The number of aryl methyl sites for hydroxylation is 1. The molecular formula is C30H46N4O2. The molecule has 0 bridgehead atoms. The summed E-state index contributed by atoms with van der Waals surface area (Å²) < 4.78 is 8.04. The molecule has 6 nitrogen and oxygen atoms in total. The van der Waals surface area contributed by atoms with Gasteiger partial charge in [-0.25, -0.2) is 4.98 Å². The van der Waals surface area contributed by atoms with Crippen LogP contribution in [0.3, 0.4) is 0 Å². The van der Waals surface area contributed by atoms with Crippen molar-refractivity contribution in [2.45, 2.75) is 103 Å². The fourth-order valence-corrected chi connectivity index (χ4v) is 6.97. The fraction of sp³-hybridized carbons (Fsp3) is 0.733. The summed E-state index contributed by atoms with van der Waals surface area (Å²) >= 11 is 0. The molecule has 2 saturated carbocycles. The van der Waals surface area contributed by atoms with Crippen LogP contribution in [-0.4, -0.2) is 59.2 Å².